The molecule has 13 heavy (non-hydrogen) atoms. The fraction of sp³-hybridized carbons (Fsp3) is 0.143. The first-order valence-electron chi connectivity index (χ1n) is 3.50. The molecule has 0 unspecified atom stereocenters. The summed E-state index contributed by atoms with van der Waals surface area (Å²) in [6.45, 7) is 0. The Balaban J connectivity index is 2.92. The van der Waals surface area contributed by atoms with Crippen LogP contribution in [-0.4, -0.2) is 27.5 Å². The molecule has 0 amide bonds. The average Bonchev–Trinajstić information content (AvgIpc) is 1.94. The number of anilines is 1. The Hall–Kier alpha value is -0.902. The fourth-order valence-corrected chi connectivity index (χ4v) is 2.35. The topological polar surface area (TPSA) is 104 Å². The normalized spacial score (nSPS) is 11.5. The van der Waals surface area contributed by atoms with E-state index in [-0.39, 0.29) is 16.6 Å². The van der Waals surface area contributed by atoms with Crippen molar-refractivity contribution in [2.24, 2.45) is 0 Å². The second-order valence-corrected chi connectivity index (χ2v) is 6.17. The number of rotatable bonds is 2. The van der Waals surface area contributed by atoms with Crippen LogP contribution in [0.4, 0.5) is 5.69 Å². The van der Waals surface area contributed by atoms with Crippen LogP contribution < -0.4 is 5.73 Å². The number of benzene rings is 1. The first-order valence-corrected chi connectivity index (χ1v) is 7.27. The predicted molar refractivity (Wildman–Crippen MR) is 47.1 cm³/mol. The van der Waals surface area contributed by atoms with Gasteiger partial charge in [-0.15, -0.1) is 0 Å². The van der Waals surface area contributed by atoms with Gasteiger partial charge in [0.25, 0.3) is 0 Å². The van der Waals surface area contributed by atoms with Crippen molar-refractivity contribution in [2.45, 2.75) is 5.21 Å². The first kappa shape index (κ1) is 10.2. The molecule has 0 aliphatic carbocycles. The number of hydrogen-bond donors (Lipinski definition) is 4. The molecule has 1 rings (SSSR count). The molecule has 0 saturated heterocycles. The summed E-state index contributed by atoms with van der Waals surface area (Å²) in [6, 6.07) is 4.11. The first-order chi connectivity index (χ1) is 5.88. The van der Waals surface area contributed by atoms with E-state index >= 15 is 0 Å². The summed E-state index contributed by atoms with van der Waals surface area (Å²) in [4.78, 5) is 0. The third kappa shape index (κ3) is 3.14. The summed E-state index contributed by atoms with van der Waals surface area (Å²) in [5.41, 5.74) is 5.90. The molecule has 0 atom stereocenters. The van der Waals surface area contributed by atoms with Crippen LogP contribution in [0, 0.1) is 0 Å². The molecule has 5 N–H and O–H groups in total. The average molecular weight is 247 g/mol. The van der Waals surface area contributed by atoms with Gasteiger partial charge in [0.1, 0.15) is 0 Å². The molecule has 0 bridgehead atoms. The van der Waals surface area contributed by atoms with Gasteiger partial charge in [0.05, 0.1) is 0 Å². The molecule has 6 heteroatoms. The molecule has 0 radical (unpaired) electrons. The summed E-state index contributed by atoms with van der Waals surface area (Å²) in [7, 11) is 0. The van der Waals surface area contributed by atoms with E-state index in [4.69, 9.17) is 19.0 Å². The van der Waals surface area contributed by atoms with Crippen LogP contribution in [0.5, 0.6) is 5.75 Å². The van der Waals surface area contributed by atoms with E-state index in [0.717, 1.165) is 0 Å². The number of nitrogen functional groups attached to an aromatic ring is 1. The zero-order valence-corrected chi connectivity index (χ0v) is 8.59. The summed E-state index contributed by atoms with van der Waals surface area (Å²) in [5, 5.41) is 8.73. The Bertz CT molecular complexity index is 360. The van der Waals surface area contributed by atoms with Crippen LogP contribution in [0.2, 0.25) is 0 Å². The molecule has 0 aromatic heterocycles. The molecule has 0 heterocycles. The van der Waals surface area contributed by atoms with Crippen molar-refractivity contribution < 1.29 is 17.0 Å². The van der Waals surface area contributed by atoms with Gasteiger partial charge in [0.15, 0.2) is 0 Å². The van der Waals surface area contributed by atoms with E-state index in [2.05, 4.69) is 0 Å². The predicted octanol–water partition coefficient (Wildman–Crippen LogP) is -0.590. The second kappa shape index (κ2) is 3.46. The van der Waals surface area contributed by atoms with Crippen LogP contribution in [0.25, 0.3) is 0 Å². The molecule has 0 aliphatic rings. The molecule has 0 fully saturated rings. The molecule has 0 saturated carbocycles. The molecular weight excluding hydrogens is 237 g/mol. The maximum atomic E-state index is 10.6. The Morgan fingerprint density at radius 3 is 2.46 bits per heavy atom. The van der Waals surface area contributed by atoms with Crippen LogP contribution >= 0.6 is 0 Å². The van der Waals surface area contributed by atoms with E-state index in [1.807, 2.05) is 0 Å². The van der Waals surface area contributed by atoms with Crippen LogP contribution in [-0.2, 0) is 8.95 Å². The zero-order chi connectivity index (χ0) is 10.1. The number of nitrogens with two attached hydrogens (primary N) is 1. The number of phenolic OH excluding ortho intramolecular Hbond substituents is 1. The molecular formula is C7H10AsNO4. The van der Waals surface area contributed by atoms with Gasteiger partial charge in [-0.2, -0.15) is 0 Å². The van der Waals surface area contributed by atoms with Crippen molar-refractivity contribution in [1.29, 1.82) is 0 Å². The van der Waals surface area contributed by atoms with E-state index in [0.29, 0.717) is 5.56 Å². The number of phenols is 1. The van der Waals surface area contributed by atoms with Crippen molar-refractivity contribution in [3.63, 3.8) is 0 Å². The van der Waals surface area contributed by atoms with Gasteiger partial charge in [0, 0.05) is 0 Å². The van der Waals surface area contributed by atoms with Gasteiger partial charge in [-0.3, -0.25) is 0 Å². The number of hydrogen-bond acceptors (Lipinski definition) is 3. The summed E-state index contributed by atoms with van der Waals surface area (Å²) in [6.07, 6.45) is 0. The Labute approximate surface area is 77.8 Å². The Kier molecular flexibility index (Phi) is 2.71. The summed E-state index contributed by atoms with van der Waals surface area (Å²) >= 11 is -4.64. The maximum absolute atomic E-state index is 10.6. The minimum atomic E-state index is -4.64. The fourth-order valence-electron chi connectivity index (χ4n) is 0.940. The third-order valence-electron chi connectivity index (χ3n) is 1.48. The van der Waals surface area contributed by atoms with Crippen molar-refractivity contribution in [3.05, 3.63) is 23.8 Å². The van der Waals surface area contributed by atoms with Crippen molar-refractivity contribution >= 4 is 19.9 Å². The van der Waals surface area contributed by atoms with Crippen LogP contribution in [0.15, 0.2) is 18.2 Å². The van der Waals surface area contributed by atoms with Gasteiger partial charge in [-0.05, 0) is 0 Å². The SMILES string of the molecule is Nc1cc(C[As](=O)(O)O)ccc1O. The van der Waals surface area contributed by atoms with Gasteiger partial charge in [-0.25, -0.2) is 0 Å². The second-order valence-electron chi connectivity index (χ2n) is 2.72. The standard InChI is InChI=1S/C7H10AsNO4/c9-6-3-5(1-2-7(6)10)4-8(11,12)13/h1-3,10H,4,9H2,(H2,11,12,13). The Morgan fingerprint density at radius 2 is 2.00 bits per heavy atom. The van der Waals surface area contributed by atoms with Crippen LogP contribution in [0.3, 0.4) is 0 Å². The van der Waals surface area contributed by atoms with Gasteiger partial charge in [-0.1, -0.05) is 0 Å². The quantitative estimate of drug-likeness (QED) is 0.317. The van der Waals surface area contributed by atoms with E-state index in [9.17, 15) is 3.74 Å². The molecule has 0 spiro atoms. The molecule has 72 valence electrons. The third-order valence-corrected chi connectivity index (χ3v) is 3.11. The minimum absolute atomic E-state index is 0.0817. The van der Waals surface area contributed by atoms with Crippen molar-refractivity contribution in [2.75, 3.05) is 5.73 Å². The molecule has 1 aromatic carbocycles. The summed E-state index contributed by atoms with van der Waals surface area (Å²) in [5.74, 6) is -0.0817. The van der Waals surface area contributed by atoms with Crippen molar-refractivity contribution in [1.82, 2.24) is 0 Å². The van der Waals surface area contributed by atoms with Crippen LogP contribution in [0.1, 0.15) is 5.56 Å². The molecule has 1 aromatic rings. The van der Waals surface area contributed by atoms with E-state index < -0.39 is 14.2 Å². The molecule has 5 nitrogen and oxygen atoms in total. The monoisotopic (exact) mass is 247 g/mol. The van der Waals surface area contributed by atoms with E-state index in [1.54, 1.807) is 0 Å². The van der Waals surface area contributed by atoms with Gasteiger partial charge in [0.2, 0.25) is 0 Å². The van der Waals surface area contributed by atoms with Gasteiger partial charge >= 0.3 is 77.4 Å². The zero-order valence-electron chi connectivity index (χ0n) is 6.71. The van der Waals surface area contributed by atoms with Crippen molar-refractivity contribution in [3.8, 4) is 5.75 Å². The number of aromatic hydroxyl groups is 1. The summed E-state index contributed by atoms with van der Waals surface area (Å²) < 4.78 is 28.0. The molecule has 0 aliphatic heterocycles. The van der Waals surface area contributed by atoms with Gasteiger partial charge < -0.3 is 0 Å². The Morgan fingerprint density at radius 1 is 1.38 bits per heavy atom. The van der Waals surface area contributed by atoms with E-state index in [1.165, 1.54) is 18.2 Å².